The number of nitrogens with zero attached hydrogens (tertiary/aromatic N) is 1. The van der Waals surface area contributed by atoms with E-state index < -0.39 is 0 Å². The number of benzene rings is 1. The second-order valence-electron chi connectivity index (χ2n) is 5.49. The van der Waals surface area contributed by atoms with Gasteiger partial charge in [0, 0.05) is 12.5 Å². The summed E-state index contributed by atoms with van der Waals surface area (Å²) in [6.07, 6.45) is 4.18. The van der Waals surface area contributed by atoms with Gasteiger partial charge >= 0.3 is 0 Å². The molecule has 0 bridgehead atoms. The van der Waals surface area contributed by atoms with Crippen molar-refractivity contribution in [2.75, 3.05) is 0 Å². The maximum Gasteiger partial charge on any atom is 0.188 e. The molecule has 1 fully saturated rings. The van der Waals surface area contributed by atoms with E-state index in [0.717, 1.165) is 31.6 Å². The topological polar surface area (TPSA) is 47.6 Å². The molecule has 0 aromatic heterocycles. The van der Waals surface area contributed by atoms with E-state index in [9.17, 15) is 0 Å². The van der Waals surface area contributed by atoms with Crippen LogP contribution in [0.25, 0.3) is 0 Å². The summed E-state index contributed by atoms with van der Waals surface area (Å²) in [6, 6.07) is 9.13. The molecule has 1 aromatic carbocycles. The summed E-state index contributed by atoms with van der Waals surface area (Å²) in [7, 11) is 0. The summed E-state index contributed by atoms with van der Waals surface area (Å²) in [4.78, 5) is 4.70. The van der Waals surface area contributed by atoms with Gasteiger partial charge in [-0.15, -0.1) is 0 Å². The van der Waals surface area contributed by atoms with Crippen LogP contribution in [-0.2, 0) is 11.2 Å². The Bertz CT molecular complexity index is 469. The molecule has 1 aliphatic carbocycles. The minimum absolute atomic E-state index is 0.282. The molecule has 1 aliphatic heterocycles. The summed E-state index contributed by atoms with van der Waals surface area (Å²) in [5, 5.41) is 0. The van der Waals surface area contributed by atoms with Gasteiger partial charge in [0.15, 0.2) is 5.90 Å². The third kappa shape index (κ3) is 2.41. The Hall–Kier alpha value is -1.35. The Morgan fingerprint density at radius 1 is 1.39 bits per heavy atom. The first kappa shape index (κ1) is 11.7. The normalized spacial score (nSPS) is 30.6. The minimum Gasteiger partial charge on any atom is -0.475 e. The van der Waals surface area contributed by atoms with Gasteiger partial charge in [-0.25, -0.2) is 4.99 Å². The molecule has 96 valence electrons. The lowest BCUT2D eigenvalue weighted by Crippen LogP contribution is -2.37. The summed E-state index contributed by atoms with van der Waals surface area (Å²) < 4.78 is 5.95. The number of aryl methyl sites for hydroxylation is 1. The van der Waals surface area contributed by atoms with Gasteiger partial charge in [0.1, 0.15) is 6.10 Å². The number of aliphatic imine (C=N–C) groups is 1. The van der Waals surface area contributed by atoms with Gasteiger partial charge in [-0.05, 0) is 31.7 Å². The van der Waals surface area contributed by atoms with Gasteiger partial charge in [-0.3, -0.25) is 0 Å². The number of hydrogen-bond acceptors (Lipinski definition) is 3. The molecule has 3 heteroatoms. The number of ether oxygens (including phenoxy) is 1. The van der Waals surface area contributed by atoms with E-state index in [0.29, 0.717) is 12.1 Å². The predicted molar refractivity (Wildman–Crippen MR) is 72.8 cm³/mol. The van der Waals surface area contributed by atoms with Crippen molar-refractivity contribution in [3.05, 3.63) is 35.4 Å². The van der Waals surface area contributed by atoms with E-state index in [1.54, 1.807) is 0 Å². The highest BCUT2D eigenvalue weighted by molar-refractivity contribution is 5.80. The van der Waals surface area contributed by atoms with E-state index in [2.05, 4.69) is 31.2 Å². The predicted octanol–water partition coefficient (Wildman–Crippen LogP) is 2.21. The standard InChI is InChI=1S/C15H20N2O/c1-10-3-2-4-11(7-10)8-15-17-13-9-12(16)5-6-14(13)18-15/h2-4,7,12-14H,5-6,8-9,16H2,1H3. The van der Waals surface area contributed by atoms with Gasteiger partial charge < -0.3 is 10.5 Å². The molecular weight excluding hydrogens is 224 g/mol. The number of rotatable bonds is 2. The SMILES string of the molecule is Cc1cccc(CC2=NC3CC(N)CCC3O2)c1. The Labute approximate surface area is 108 Å². The van der Waals surface area contributed by atoms with E-state index in [4.69, 9.17) is 15.5 Å². The maximum atomic E-state index is 5.98. The lowest BCUT2D eigenvalue weighted by atomic mass is 9.90. The molecule has 1 saturated carbocycles. The summed E-state index contributed by atoms with van der Waals surface area (Å²) in [5.41, 5.74) is 8.54. The first-order chi connectivity index (χ1) is 8.70. The van der Waals surface area contributed by atoms with E-state index in [1.807, 2.05) is 0 Å². The van der Waals surface area contributed by atoms with E-state index >= 15 is 0 Å². The molecule has 3 unspecified atom stereocenters. The highest BCUT2D eigenvalue weighted by atomic mass is 16.5. The number of fused-ring (bicyclic) bond motifs is 1. The summed E-state index contributed by atoms with van der Waals surface area (Å²) in [5.74, 6) is 0.893. The Balaban J connectivity index is 1.69. The van der Waals surface area contributed by atoms with Crippen LogP contribution in [0.1, 0.15) is 30.4 Å². The quantitative estimate of drug-likeness (QED) is 0.867. The molecule has 0 spiro atoms. The highest BCUT2D eigenvalue weighted by Gasteiger charge is 2.35. The molecule has 0 radical (unpaired) electrons. The van der Waals surface area contributed by atoms with Crippen LogP contribution in [0.3, 0.4) is 0 Å². The second-order valence-corrected chi connectivity index (χ2v) is 5.49. The Morgan fingerprint density at radius 2 is 2.28 bits per heavy atom. The van der Waals surface area contributed by atoms with Crippen LogP contribution in [0.5, 0.6) is 0 Å². The fourth-order valence-corrected chi connectivity index (χ4v) is 2.90. The molecule has 3 nitrogen and oxygen atoms in total. The number of nitrogens with two attached hydrogens (primary N) is 1. The lowest BCUT2D eigenvalue weighted by Gasteiger charge is -2.26. The summed E-state index contributed by atoms with van der Waals surface area (Å²) in [6.45, 7) is 2.11. The first-order valence-corrected chi connectivity index (χ1v) is 6.75. The van der Waals surface area contributed by atoms with Crippen LogP contribution >= 0.6 is 0 Å². The average Bonchev–Trinajstić information content (AvgIpc) is 2.70. The van der Waals surface area contributed by atoms with Crippen LogP contribution in [-0.4, -0.2) is 24.1 Å². The van der Waals surface area contributed by atoms with Crippen molar-refractivity contribution in [3.63, 3.8) is 0 Å². The molecule has 3 atom stereocenters. The van der Waals surface area contributed by atoms with Crippen molar-refractivity contribution >= 4 is 5.90 Å². The maximum absolute atomic E-state index is 5.98. The van der Waals surface area contributed by atoms with E-state index in [-0.39, 0.29) is 6.10 Å². The van der Waals surface area contributed by atoms with Gasteiger partial charge in [0.25, 0.3) is 0 Å². The Morgan fingerprint density at radius 3 is 3.11 bits per heavy atom. The van der Waals surface area contributed by atoms with Crippen LogP contribution in [0.2, 0.25) is 0 Å². The van der Waals surface area contributed by atoms with Gasteiger partial charge in [0.2, 0.25) is 0 Å². The minimum atomic E-state index is 0.282. The molecule has 3 rings (SSSR count). The van der Waals surface area contributed by atoms with Crippen LogP contribution in [0.15, 0.2) is 29.3 Å². The van der Waals surface area contributed by atoms with Crippen molar-refractivity contribution in [2.24, 2.45) is 10.7 Å². The Kier molecular flexibility index (Phi) is 3.08. The first-order valence-electron chi connectivity index (χ1n) is 6.75. The largest absolute Gasteiger partial charge is 0.475 e. The fraction of sp³-hybridized carbons (Fsp3) is 0.533. The zero-order chi connectivity index (χ0) is 12.5. The third-order valence-electron chi connectivity index (χ3n) is 3.83. The zero-order valence-electron chi connectivity index (χ0n) is 10.8. The van der Waals surface area contributed by atoms with Crippen molar-refractivity contribution in [1.29, 1.82) is 0 Å². The molecule has 0 amide bonds. The molecule has 1 heterocycles. The van der Waals surface area contributed by atoms with Gasteiger partial charge in [-0.1, -0.05) is 29.8 Å². The molecule has 18 heavy (non-hydrogen) atoms. The average molecular weight is 244 g/mol. The van der Waals surface area contributed by atoms with Crippen molar-refractivity contribution in [2.45, 2.75) is 50.8 Å². The van der Waals surface area contributed by atoms with Crippen LogP contribution in [0, 0.1) is 6.92 Å². The summed E-state index contributed by atoms with van der Waals surface area (Å²) >= 11 is 0. The molecule has 0 saturated heterocycles. The molecule has 2 N–H and O–H groups in total. The molecular formula is C15H20N2O. The van der Waals surface area contributed by atoms with Gasteiger partial charge in [-0.2, -0.15) is 0 Å². The zero-order valence-corrected chi connectivity index (χ0v) is 10.8. The monoisotopic (exact) mass is 244 g/mol. The molecule has 1 aromatic rings. The van der Waals surface area contributed by atoms with Crippen molar-refractivity contribution < 1.29 is 4.74 Å². The smallest absolute Gasteiger partial charge is 0.188 e. The van der Waals surface area contributed by atoms with Crippen LogP contribution in [0.4, 0.5) is 0 Å². The highest BCUT2D eigenvalue weighted by Crippen LogP contribution is 2.28. The lowest BCUT2D eigenvalue weighted by molar-refractivity contribution is 0.142. The van der Waals surface area contributed by atoms with Gasteiger partial charge in [0.05, 0.1) is 6.04 Å². The second kappa shape index (κ2) is 4.73. The number of hydrogen-bond donors (Lipinski definition) is 1. The van der Waals surface area contributed by atoms with E-state index in [1.165, 1.54) is 11.1 Å². The van der Waals surface area contributed by atoms with Crippen molar-refractivity contribution in [3.8, 4) is 0 Å². The van der Waals surface area contributed by atoms with Crippen LogP contribution < -0.4 is 5.73 Å². The third-order valence-corrected chi connectivity index (χ3v) is 3.83. The van der Waals surface area contributed by atoms with Crippen molar-refractivity contribution in [1.82, 2.24) is 0 Å². The fourth-order valence-electron chi connectivity index (χ4n) is 2.90. The molecule has 2 aliphatic rings.